The van der Waals surface area contributed by atoms with Crippen molar-refractivity contribution in [2.45, 2.75) is 50.7 Å². The SMILES string of the molecule is FC(F)(F)c1cccc(OCCCCNC2CCCC2)c1. The Morgan fingerprint density at radius 2 is 1.90 bits per heavy atom. The maximum atomic E-state index is 12.5. The van der Waals surface area contributed by atoms with E-state index in [1.165, 1.54) is 31.7 Å². The fourth-order valence-corrected chi connectivity index (χ4v) is 2.62. The van der Waals surface area contributed by atoms with E-state index in [1.54, 1.807) is 6.07 Å². The van der Waals surface area contributed by atoms with Crippen molar-refractivity contribution in [3.8, 4) is 5.75 Å². The van der Waals surface area contributed by atoms with Crippen LogP contribution in [0.15, 0.2) is 24.3 Å². The summed E-state index contributed by atoms with van der Waals surface area (Å²) in [4.78, 5) is 0. The molecule has 0 aromatic heterocycles. The number of rotatable bonds is 7. The Hall–Kier alpha value is -1.23. The van der Waals surface area contributed by atoms with Crippen LogP contribution in [0.25, 0.3) is 0 Å². The maximum absolute atomic E-state index is 12.5. The fourth-order valence-electron chi connectivity index (χ4n) is 2.62. The summed E-state index contributed by atoms with van der Waals surface area (Å²) in [5.74, 6) is 0.286. The van der Waals surface area contributed by atoms with Crippen molar-refractivity contribution in [3.05, 3.63) is 29.8 Å². The van der Waals surface area contributed by atoms with Gasteiger partial charge in [-0.05, 0) is 50.4 Å². The first-order valence-corrected chi connectivity index (χ1v) is 7.59. The molecule has 21 heavy (non-hydrogen) atoms. The van der Waals surface area contributed by atoms with Gasteiger partial charge < -0.3 is 10.1 Å². The van der Waals surface area contributed by atoms with E-state index in [0.29, 0.717) is 12.6 Å². The summed E-state index contributed by atoms with van der Waals surface area (Å²) in [5.41, 5.74) is -0.664. The highest BCUT2D eigenvalue weighted by molar-refractivity contribution is 5.30. The molecule has 1 N–H and O–H groups in total. The first kappa shape index (κ1) is 16.1. The van der Waals surface area contributed by atoms with Crippen LogP contribution in [0.4, 0.5) is 13.2 Å². The molecule has 2 nitrogen and oxygen atoms in total. The third-order valence-corrected chi connectivity index (χ3v) is 3.79. The largest absolute Gasteiger partial charge is 0.494 e. The van der Waals surface area contributed by atoms with Gasteiger partial charge >= 0.3 is 6.18 Å². The lowest BCUT2D eigenvalue weighted by molar-refractivity contribution is -0.137. The molecule has 1 aliphatic carbocycles. The second kappa shape index (κ2) is 7.69. The van der Waals surface area contributed by atoms with Crippen LogP contribution in [0.2, 0.25) is 0 Å². The normalized spacial score (nSPS) is 16.3. The molecule has 1 saturated carbocycles. The van der Waals surface area contributed by atoms with Crippen molar-refractivity contribution in [2.75, 3.05) is 13.2 Å². The number of halogens is 3. The second-order valence-electron chi connectivity index (χ2n) is 5.52. The second-order valence-corrected chi connectivity index (χ2v) is 5.52. The summed E-state index contributed by atoms with van der Waals surface area (Å²) >= 11 is 0. The van der Waals surface area contributed by atoms with Gasteiger partial charge in [-0.3, -0.25) is 0 Å². The Morgan fingerprint density at radius 3 is 2.62 bits per heavy atom. The molecular weight excluding hydrogens is 279 g/mol. The summed E-state index contributed by atoms with van der Waals surface area (Å²) in [6, 6.07) is 5.70. The molecule has 118 valence electrons. The van der Waals surface area contributed by atoms with Gasteiger partial charge in [-0.15, -0.1) is 0 Å². The Labute approximate surface area is 123 Å². The van der Waals surface area contributed by atoms with Crippen molar-refractivity contribution in [3.63, 3.8) is 0 Å². The minimum Gasteiger partial charge on any atom is -0.494 e. The van der Waals surface area contributed by atoms with E-state index < -0.39 is 11.7 Å². The predicted molar refractivity (Wildman–Crippen MR) is 76.4 cm³/mol. The molecule has 1 aromatic carbocycles. The summed E-state index contributed by atoms with van der Waals surface area (Å²) in [6.45, 7) is 1.41. The summed E-state index contributed by atoms with van der Waals surface area (Å²) in [5, 5.41) is 3.50. The van der Waals surface area contributed by atoms with E-state index in [9.17, 15) is 13.2 Å². The van der Waals surface area contributed by atoms with E-state index in [2.05, 4.69) is 5.32 Å². The predicted octanol–water partition coefficient (Wildman–Crippen LogP) is 4.40. The van der Waals surface area contributed by atoms with Crippen LogP contribution in [0.5, 0.6) is 5.75 Å². The van der Waals surface area contributed by atoms with Crippen LogP contribution in [0.1, 0.15) is 44.1 Å². The highest BCUT2D eigenvalue weighted by Crippen LogP contribution is 2.31. The van der Waals surface area contributed by atoms with Gasteiger partial charge in [-0.1, -0.05) is 18.9 Å². The van der Waals surface area contributed by atoms with Crippen LogP contribution in [0, 0.1) is 0 Å². The lowest BCUT2D eigenvalue weighted by Crippen LogP contribution is -2.27. The summed E-state index contributed by atoms with van der Waals surface area (Å²) in [7, 11) is 0. The van der Waals surface area contributed by atoms with Crippen LogP contribution in [-0.2, 0) is 6.18 Å². The zero-order chi connectivity index (χ0) is 15.1. The molecular formula is C16H22F3NO. The van der Waals surface area contributed by atoms with Gasteiger partial charge in [0.05, 0.1) is 12.2 Å². The zero-order valence-electron chi connectivity index (χ0n) is 12.1. The molecule has 0 unspecified atom stereocenters. The van der Waals surface area contributed by atoms with E-state index >= 15 is 0 Å². The van der Waals surface area contributed by atoms with Gasteiger partial charge in [-0.25, -0.2) is 0 Å². The van der Waals surface area contributed by atoms with Gasteiger partial charge in [0.1, 0.15) is 5.75 Å². The van der Waals surface area contributed by atoms with E-state index in [1.807, 2.05) is 0 Å². The Bertz CT molecular complexity index is 428. The minimum absolute atomic E-state index is 0.286. The first-order chi connectivity index (χ1) is 10.1. The van der Waals surface area contributed by atoms with E-state index in [-0.39, 0.29) is 5.75 Å². The van der Waals surface area contributed by atoms with Crippen LogP contribution < -0.4 is 10.1 Å². The van der Waals surface area contributed by atoms with Gasteiger partial charge in [0.25, 0.3) is 0 Å². The smallest absolute Gasteiger partial charge is 0.416 e. The zero-order valence-corrected chi connectivity index (χ0v) is 12.1. The quantitative estimate of drug-likeness (QED) is 0.754. The Kier molecular flexibility index (Phi) is 5.91. The molecule has 1 fully saturated rings. The van der Waals surface area contributed by atoms with Gasteiger partial charge in [-0.2, -0.15) is 13.2 Å². The monoisotopic (exact) mass is 301 g/mol. The summed E-state index contributed by atoms with van der Waals surface area (Å²) < 4.78 is 43.0. The molecule has 1 aromatic rings. The standard InChI is InChI=1S/C16H22F3NO/c17-16(18,19)13-6-5-9-15(12-13)21-11-4-3-10-20-14-7-1-2-8-14/h5-6,9,12,14,20H,1-4,7-8,10-11H2. The van der Waals surface area contributed by atoms with Gasteiger partial charge in [0.15, 0.2) is 0 Å². The average Bonchev–Trinajstić information content (AvgIpc) is 2.95. The molecule has 2 rings (SSSR count). The van der Waals surface area contributed by atoms with Crippen molar-refractivity contribution >= 4 is 0 Å². The number of hydrogen-bond acceptors (Lipinski definition) is 2. The molecule has 0 atom stereocenters. The molecule has 0 bridgehead atoms. The molecule has 0 aliphatic heterocycles. The van der Waals surface area contributed by atoms with E-state index in [4.69, 9.17) is 4.74 Å². The lowest BCUT2D eigenvalue weighted by Gasteiger charge is -2.12. The van der Waals surface area contributed by atoms with Crippen molar-refractivity contribution < 1.29 is 17.9 Å². The van der Waals surface area contributed by atoms with Crippen molar-refractivity contribution in [2.24, 2.45) is 0 Å². The van der Waals surface area contributed by atoms with Crippen molar-refractivity contribution in [1.29, 1.82) is 0 Å². The first-order valence-electron chi connectivity index (χ1n) is 7.59. The molecule has 5 heteroatoms. The summed E-state index contributed by atoms with van der Waals surface area (Å²) in [6.07, 6.45) is 2.67. The molecule has 1 aliphatic rings. The third kappa shape index (κ3) is 5.58. The number of nitrogens with one attached hydrogen (secondary N) is 1. The van der Waals surface area contributed by atoms with Gasteiger partial charge in [0, 0.05) is 6.04 Å². The third-order valence-electron chi connectivity index (χ3n) is 3.79. The highest BCUT2D eigenvalue weighted by Gasteiger charge is 2.30. The maximum Gasteiger partial charge on any atom is 0.416 e. The minimum atomic E-state index is -4.31. The van der Waals surface area contributed by atoms with Crippen LogP contribution in [-0.4, -0.2) is 19.2 Å². The Balaban J connectivity index is 1.62. The number of ether oxygens (including phenoxy) is 1. The molecule has 0 saturated heterocycles. The Morgan fingerprint density at radius 1 is 1.14 bits per heavy atom. The fraction of sp³-hybridized carbons (Fsp3) is 0.625. The molecule has 0 spiro atoms. The van der Waals surface area contributed by atoms with Crippen LogP contribution in [0.3, 0.4) is 0 Å². The number of unbranched alkanes of at least 4 members (excludes halogenated alkanes) is 1. The van der Waals surface area contributed by atoms with Crippen molar-refractivity contribution in [1.82, 2.24) is 5.32 Å². The molecule has 0 amide bonds. The number of alkyl halides is 3. The lowest BCUT2D eigenvalue weighted by atomic mass is 10.2. The number of benzene rings is 1. The molecule has 0 radical (unpaired) electrons. The highest BCUT2D eigenvalue weighted by atomic mass is 19.4. The topological polar surface area (TPSA) is 21.3 Å². The molecule has 0 heterocycles. The van der Waals surface area contributed by atoms with Crippen LogP contribution >= 0.6 is 0 Å². The van der Waals surface area contributed by atoms with E-state index in [0.717, 1.165) is 31.5 Å². The average molecular weight is 301 g/mol. The van der Waals surface area contributed by atoms with Gasteiger partial charge in [0.2, 0.25) is 0 Å². The number of hydrogen-bond donors (Lipinski definition) is 1.